The Balaban J connectivity index is 4.07. The second-order valence-electron chi connectivity index (χ2n) is 3.08. The largest absolute Gasteiger partial charge is 0.480 e. The van der Waals surface area contributed by atoms with Crippen LogP contribution in [0.5, 0.6) is 0 Å². The van der Waals surface area contributed by atoms with Crippen molar-refractivity contribution < 1.29 is 19.5 Å². The molecule has 8 nitrogen and oxygen atoms in total. The van der Waals surface area contributed by atoms with E-state index in [9.17, 15) is 14.4 Å². The number of primary amides is 1. The molecule has 1 atom stereocenters. The Bertz CT molecular complexity index is 269. The monoisotopic (exact) mass is 232 g/mol. The zero-order valence-electron chi connectivity index (χ0n) is 8.73. The van der Waals surface area contributed by atoms with Crippen LogP contribution in [-0.2, 0) is 9.59 Å². The molecule has 0 aromatic heterocycles. The molecule has 7 N–H and O–H groups in total. The molecule has 0 aliphatic carbocycles. The molecule has 0 spiro atoms. The van der Waals surface area contributed by atoms with Gasteiger partial charge < -0.3 is 27.2 Å². The van der Waals surface area contributed by atoms with Crippen molar-refractivity contribution in [1.82, 2.24) is 10.6 Å². The molecule has 8 heteroatoms. The number of hydrogen-bond donors (Lipinski definition) is 5. The first kappa shape index (κ1) is 14.2. The van der Waals surface area contributed by atoms with E-state index >= 15 is 0 Å². The Morgan fingerprint density at radius 2 is 1.94 bits per heavy atom. The van der Waals surface area contributed by atoms with Gasteiger partial charge in [-0.2, -0.15) is 0 Å². The quantitative estimate of drug-likeness (QED) is 0.343. The number of carboxylic acids is 1. The lowest BCUT2D eigenvalue weighted by Gasteiger charge is -2.13. The van der Waals surface area contributed by atoms with E-state index in [1.165, 1.54) is 0 Å². The van der Waals surface area contributed by atoms with Gasteiger partial charge in [-0.05, 0) is 6.42 Å². The molecular weight excluding hydrogens is 216 g/mol. The minimum absolute atomic E-state index is 0.0410. The van der Waals surface area contributed by atoms with Gasteiger partial charge in [0, 0.05) is 19.5 Å². The van der Waals surface area contributed by atoms with Crippen molar-refractivity contribution in [2.75, 3.05) is 13.1 Å². The van der Waals surface area contributed by atoms with Crippen molar-refractivity contribution in [3.8, 4) is 0 Å². The predicted molar refractivity (Wildman–Crippen MR) is 55.4 cm³/mol. The zero-order valence-corrected chi connectivity index (χ0v) is 8.73. The Labute approximate surface area is 92.4 Å². The van der Waals surface area contributed by atoms with Gasteiger partial charge >= 0.3 is 12.0 Å². The van der Waals surface area contributed by atoms with Crippen LogP contribution in [0.4, 0.5) is 4.79 Å². The second kappa shape index (κ2) is 7.46. The Morgan fingerprint density at radius 1 is 1.31 bits per heavy atom. The van der Waals surface area contributed by atoms with Crippen molar-refractivity contribution in [3.05, 3.63) is 0 Å². The molecule has 1 unspecified atom stereocenters. The summed E-state index contributed by atoms with van der Waals surface area (Å²) in [6, 6.07) is -1.77. The van der Waals surface area contributed by atoms with Crippen LogP contribution in [0.3, 0.4) is 0 Å². The van der Waals surface area contributed by atoms with Gasteiger partial charge in [-0.1, -0.05) is 0 Å². The number of nitrogens with two attached hydrogens (primary N) is 2. The summed E-state index contributed by atoms with van der Waals surface area (Å²) in [6.45, 7) is 0.500. The molecule has 0 rings (SSSR count). The van der Waals surface area contributed by atoms with Crippen LogP contribution in [-0.4, -0.2) is 42.1 Å². The molecule has 16 heavy (non-hydrogen) atoms. The zero-order chi connectivity index (χ0) is 12.6. The molecule has 0 bridgehead atoms. The molecule has 0 radical (unpaired) electrons. The van der Waals surface area contributed by atoms with Crippen molar-refractivity contribution >= 4 is 17.9 Å². The maximum absolute atomic E-state index is 11.1. The van der Waals surface area contributed by atoms with Crippen LogP contribution in [0, 0.1) is 0 Å². The number of nitrogens with one attached hydrogen (secondary N) is 2. The summed E-state index contributed by atoms with van der Waals surface area (Å²) in [5.74, 6) is -1.83. The highest BCUT2D eigenvalue weighted by Gasteiger charge is 2.19. The molecular formula is C8H16N4O4. The number of aliphatic carboxylic acids is 1. The molecule has 3 amide bonds. The Hall–Kier alpha value is -1.83. The lowest BCUT2D eigenvalue weighted by Crippen LogP contribution is -2.47. The topological polar surface area (TPSA) is 148 Å². The van der Waals surface area contributed by atoms with E-state index < -0.39 is 23.9 Å². The van der Waals surface area contributed by atoms with Gasteiger partial charge in [0.15, 0.2) is 0 Å². The van der Waals surface area contributed by atoms with Gasteiger partial charge in [-0.15, -0.1) is 0 Å². The van der Waals surface area contributed by atoms with Crippen LogP contribution in [0.25, 0.3) is 0 Å². The number of urea groups is 1. The Kier molecular flexibility index (Phi) is 6.61. The van der Waals surface area contributed by atoms with Gasteiger partial charge in [-0.25, -0.2) is 9.59 Å². The first-order valence-corrected chi connectivity index (χ1v) is 4.73. The van der Waals surface area contributed by atoms with Crippen LogP contribution >= 0.6 is 0 Å². The van der Waals surface area contributed by atoms with E-state index in [-0.39, 0.29) is 25.9 Å². The van der Waals surface area contributed by atoms with Crippen LogP contribution < -0.4 is 22.1 Å². The third kappa shape index (κ3) is 6.60. The third-order valence-electron chi connectivity index (χ3n) is 1.71. The summed E-state index contributed by atoms with van der Waals surface area (Å²) < 4.78 is 0. The molecule has 0 saturated carbocycles. The summed E-state index contributed by atoms with van der Waals surface area (Å²) >= 11 is 0. The van der Waals surface area contributed by atoms with E-state index in [0.29, 0.717) is 0 Å². The molecule has 0 aliphatic rings. The third-order valence-corrected chi connectivity index (χ3v) is 1.71. The minimum atomic E-state index is -1.22. The molecule has 0 fully saturated rings. The van der Waals surface area contributed by atoms with Gasteiger partial charge in [0.25, 0.3) is 0 Å². The molecule has 0 saturated heterocycles. The van der Waals surface area contributed by atoms with Crippen molar-refractivity contribution in [2.45, 2.75) is 18.9 Å². The fraction of sp³-hybridized carbons (Fsp3) is 0.625. The fourth-order valence-corrected chi connectivity index (χ4v) is 0.939. The van der Waals surface area contributed by atoms with E-state index in [2.05, 4.69) is 10.6 Å². The number of amides is 3. The molecule has 0 aromatic carbocycles. The second-order valence-corrected chi connectivity index (χ2v) is 3.08. The fourth-order valence-electron chi connectivity index (χ4n) is 0.939. The standard InChI is InChI=1S/C8H16N4O4/c9-3-4-11-8(16)12-5(7(14)15)1-2-6(10)13/h5H,1-4,9H2,(H2,10,13)(H,14,15)(H2,11,12,16). The minimum Gasteiger partial charge on any atom is -0.480 e. The molecule has 0 heterocycles. The number of carbonyl (C=O) groups excluding carboxylic acids is 2. The SMILES string of the molecule is NCCNC(=O)NC(CCC(N)=O)C(=O)O. The lowest BCUT2D eigenvalue weighted by atomic mass is 10.1. The van der Waals surface area contributed by atoms with Crippen LogP contribution in [0.1, 0.15) is 12.8 Å². The number of carboxylic acid groups (broad SMARTS) is 1. The summed E-state index contributed by atoms with van der Waals surface area (Å²) in [5.41, 5.74) is 10.0. The van der Waals surface area contributed by atoms with Crippen molar-refractivity contribution in [1.29, 1.82) is 0 Å². The highest BCUT2D eigenvalue weighted by molar-refractivity contribution is 5.83. The molecule has 0 aromatic rings. The lowest BCUT2D eigenvalue weighted by molar-refractivity contribution is -0.139. The first-order valence-electron chi connectivity index (χ1n) is 4.73. The first-order chi connectivity index (χ1) is 7.47. The average Bonchev–Trinajstić information content (AvgIpc) is 2.20. The summed E-state index contributed by atoms with van der Waals surface area (Å²) in [7, 11) is 0. The van der Waals surface area contributed by atoms with Crippen molar-refractivity contribution in [3.63, 3.8) is 0 Å². The summed E-state index contributed by atoms with van der Waals surface area (Å²) in [6.07, 6.45) is -0.144. The number of rotatable bonds is 7. The van der Waals surface area contributed by atoms with Gasteiger partial charge in [0.2, 0.25) is 5.91 Å². The maximum atomic E-state index is 11.1. The number of hydrogen-bond acceptors (Lipinski definition) is 4. The normalized spacial score (nSPS) is 11.6. The highest BCUT2D eigenvalue weighted by Crippen LogP contribution is 1.97. The molecule has 92 valence electrons. The van der Waals surface area contributed by atoms with Crippen LogP contribution in [0.2, 0.25) is 0 Å². The van der Waals surface area contributed by atoms with E-state index in [1.54, 1.807) is 0 Å². The van der Waals surface area contributed by atoms with E-state index in [1.807, 2.05) is 0 Å². The van der Waals surface area contributed by atoms with E-state index in [4.69, 9.17) is 16.6 Å². The van der Waals surface area contributed by atoms with Gasteiger partial charge in [0.05, 0.1) is 0 Å². The smallest absolute Gasteiger partial charge is 0.326 e. The van der Waals surface area contributed by atoms with Crippen LogP contribution in [0.15, 0.2) is 0 Å². The predicted octanol–water partition coefficient (Wildman–Crippen LogP) is -2.04. The van der Waals surface area contributed by atoms with E-state index in [0.717, 1.165) is 0 Å². The molecule has 0 aliphatic heterocycles. The number of carbonyl (C=O) groups is 3. The van der Waals surface area contributed by atoms with Crippen molar-refractivity contribution in [2.24, 2.45) is 11.5 Å². The summed E-state index contributed by atoms with van der Waals surface area (Å²) in [5, 5.41) is 13.3. The Morgan fingerprint density at radius 3 is 2.38 bits per heavy atom. The van der Waals surface area contributed by atoms with Gasteiger partial charge in [0.1, 0.15) is 6.04 Å². The highest BCUT2D eigenvalue weighted by atomic mass is 16.4. The maximum Gasteiger partial charge on any atom is 0.326 e. The summed E-state index contributed by atoms with van der Waals surface area (Å²) in [4.78, 5) is 32.3. The van der Waals surface area contributed by atoms with Gasteiger partial charge in [-0.3, -0.25) is 4.79 Å². The average molecular weight is 232 g/mol.